The molecule has 90 valence electrons. The van der Waals surface area contributed by atoms with E-state index in [0.717, 1.165) is 41.3 Å². The van der Waals surface area contributed by atoms with Crippen LogP contribution in [-0.4, -0.2) is 6.08 Å². The highest BCUT2D eigenvalue weighted by molar-refractivity contribution is 9.10. The first-order chi connectivity index (χ1) is 8.09. The van der Waals surface area contributed by atoms with Crippen molar-refractivity contribution in [2.24, 2.45) is 4.99 Å². The molecule has 1 aromatic carbocycles. The zero-order valence-electron chi connectivity index (χ0n) is 9.59. The fraction of sp³-hybridized carbons (Fsp3) is 0.462. The average Bonchev–Trinajstić information content (AvgIpc) is 2.73. The van der Waals surface area contributed by atoms with Gasteiger partial charge < -0.3 is 0 Å². The molecule has 17 heavy (non-hydrogen) atoms. The standard InChI is InChI=1S/C13H13BrFNO/c1-9-11(6-10(15)7-12(9)14)13(16-8-17)4-2-3-5-13/h6-7H,2-5H2,1H3. The van der Waals surface area contributed by atoms with Gasteiger partial charge in [-0.1, -0.05) is 28.8 Å². The van der Waals surface area contributed by atoms with E-state index in [9.17, 15) is 9.18 Å². The van der Waals surface area contributed by atoms with Crippen molar-refractivity contribution in [3.8, 4) is 0 Å². The van der Waals surface area contributed by atoms with Gasteiger partial charge in [0.05, 0.1) is 5.54 Å². The van der Waals surface area contributed by atoms with Gasteiger partial charge >= 0.3 is 0 Å². The van der Waals surface area contributed by atoms with Crippen LogP contribution in [0.15, 0.2) is 21.6 Å². The van der Waals surface area contributed by atoms with E-state index in [0.29, 0.717) is 0 Å². The van der Waals surface area contributed by atoms with Crippen LogP contribution in [0.5, 0.6) is 0 Å². The van der Waals surface area contributed by atoms with Crippen LogP contribution in [0, 0.1) is 12.7 Å². The van der Waals surface area contributed by atoms with Crippen LogP contribution in [0.1, 0.15) is 36.8 Å². The molecule has 0 bridgehead atoms. The molecule has 2 rings (SSSR count). The number of aliphatic imine (C=N–C) groups is 1. The van der Waals surface area contributed by atoms with Gasteiger partial charge in [0.2, 0.25) is 6.08 Å². The minimum absolute atomic E-state index is 0.301. The molecule has 0 heterocycles. The van der Waals surface area contributed by atoms with Crippen LogP contribution in [0.3, 0.4) is 0 Å². The topological polar surface area (TPSA) is 29.4 Å². The maximum absolute atomic E-state index is 13.5. The van der Waals surface area contributed by atoms with Crippen molar-refractivity contribution in [1.82, 2.24) is 0 Å². The summed E-state index contributed by atoms with van der Waals surface area (Å²) in [6.45, 7) is 1.92. The van der Waals surface area contributed by atoms with E-state index < -0.39 is 5.54 Å². The summed E-state index contributed by atoms with van der Waals surface area (Å²) in [4.78, 5) is 14.6. The van der Waals surface area contributed by atoms with Crippen LogP contribution < -0.4 is 0 Å². The van der Waals surface area contributed by atoms with E-state index in [1.165, 1.54) is 12.1 Å². The monoisotopic (exact) mass is 297 g/mol. The predicted octanol–water partition coefficient (Wildman–Crippen LogP) is 4.00. The number of isocyanates is 1. The first-order valence-corrected chi connectivity index (χ1v) is 6.43. The van der Waals surface area contributed by atoms with E-state index >= 15 is 0 Å². The summed E-state index contributed by atoms with van der Waals surface area (Å²) in [5.41, 5.74) is 1.20. The number of nitrogens with zero attached hydrogens (tertiary/aromatic N) is 1. The molecule has 1 fully saturated rings. The van der Waals surface area contributed by atoms with Gasteiger partial charge in [-0.2, -0.15) is 4.99 Å². The van der Waals surface area contributed by atoms with E-state index in [1.54, 1.807) is 6.08 Å². The van der Waals surface area contributed by atoms with Crippen molar-refractivity contribution in [3.63, 3.8) is 0 Å². The fourth-order valence-electron chi connectivity index (χ4n) is 2.62. The van der Waals surface area contributed by atoms with Gasteiger partial charge in [0, 0.05) is 4.47 Å². The maximum Gasteiger partial charge on any atom is 0.235 e. The van der Waals surface area contributed by atoms with Crippen molar-refractivity contribution in [1.29, 1.82) is 0 Å². The summed E-state index contributed by atoms with van der Waals surface area (Å²) < 4.78 is 14.2. The lowest BCUT2D eigenvalue weighted by molar-refractivity contribution is 0.450. The highest BCUT2D eigenvalue weighted by atomic mass is 79.9. The van der Waals surface area contributed by atoms with Crippen LogP contribution in [0.4, 0.5) is 4.39 Å². The van der Waals surface area contributed by atoms with Crippen molar-refractivity contribution >= 4 is 22.0 Å². The molecule has 1 saturated carbocycles. The molecule has 0 aliphatic heterocycles. The van der Waals surface area contributed by atoms with Crippen LogP contribution in [0.2, 0.25) is 0 Å². The third-order valence-electron chi connectivity index (χ3n) is 3.50. The van der Waals surface area contributed by atoms with E-state index in [2.05, 4.69) is 20.9 Å². The molecule has 0 atom stereocenters. The summed E-state index contributed by atoms with van der Waals surface area (Å²) in [6, 6.07) is 2.93. The zero-order chi connectivity index (χ0) is 12.5. The van der Waals surface area contributed by atoms with Crippen LogP contribution in [-0.2, 0) is 10.3 Å². The molecule has 0 unspecified atom stereocenters. The molecule has 1 aromatic rings. The Labute approximate surface area is 108 Å². The van der Waals surface area contributed by atoms with Crippen LogP contribution >= 0.6 is 15.9 Å². The molecule has 0 radical (unpaired) electrons. The van der Waals surface area contributed by atoms with Crippen molar-refractivity contribution in [2.75, 3.05) is 0 Å². The lowest BCUT2D eigenvalue weighted by Gasteiger charge is -2.25. The minimum Gasteiger partial charge on any atom is -0.211 e. The highest BCUT2D eigenvalue weighted by Gasteiger charge is 2.37. The van der Waals surface area contributed by atoms with E-state index in [-0.39, 0.29) is 5.82 Å². The average molecular weight is 298 g/mol. The molecule has 1 aliphatic rings. The van der Waals surface area contributed by atoms with E-state index in [1.807, 2.05) is 6.92 Å². The van der Waals surface area contributed by atoms with Crippen molar-refractivity contribution in [3.05, 3.63) is 33.5 Å². The van der Waals surface area contributed by atoms with Gasteiger partial charge in [-0.25, -0.2) is 9.18 Å². The largest absolute Gasteiger partial charge is 0.235 e. The molecule has 0 amide bonds. The highest BCUT2D eigenvalue weighted by Crippen LogP contribution is 2.44. The minimum atomic E-state index is -0.559. The molecule has 0 aromatic heterocycles. The molecule has 2 nitrogen and oxygen atoms in total. The quantitative estimate of drug-likeness (QED) is 0.599. The van der Waals surface area contributed by atoms with Gasteiger partial charge in [-0.3, -0.25) is 0 Å². The second-order valence-electron chi connectivity index (χ2n) is 4.50. The molecule has 4 heteroatoms. The predicted molar refractivity (Wildman–Crippen MR) is 67.1 cm³/mol. The second kappa shape index (κ2) is 4.71. The Morgan fingerprint density at radius 1 is 1.41 bits per heavy atom. The Morgan fingerprint density at radius 3 is 2.65 bits per heavy atom. The van der Waals surface area contributed by atoms with Crippen molar-refractivity contribution in [2.45, 2.75) is 38.1 Å². The first-order valence-electron chi connectivity index (χ1n) is 5.64. The first kappa shape index (κ1) is 12.5. The fourth-order valence-corrected chi connectivity index (χ4v) is 3.05. The Balaban J connectivity index is 2.61. The number of benzene rings is 1. The normalized spacial score (nSPS) is 17.8. The van der Waals surface area contributed by atoms with E-state index in [4.69, 9.17) is 0 Å². The van der Waals surface area contributed by atoms with Gasteiger partial charge in [0.25, 0.3) is 0 Å². The molecule has 0 saturated heterocycles. The molecular formula is C13H13BrFNO. The maximum atomic E-state index is 13.5. The van der Waals surface area contributed by atoms with Gasteiger partial charge in [-0.05, 0) is 43.0 Å². The number of hydrogen-bond donors (Lipinski definition) is 0. The Hall–Kier alpha value is -0.990. The summed E-state index contributed by atoms with van der Waals surface area (Å²) in [7, 11) is 0. The summed E-state index contributed by atoms with van der Waals surface area (Å²) in [6.07, 6.45) is 5.26. The Bertz CT molecular complexity index is 488. The third kappa shape index (κ3) is 2.20. The third-order valence-corrected chi connectivity index (χ3v) is 4.32. The number of carbonyl (C=O) groups excluding carboxylic acids is 1. The Kier molecular flexibility index (Phi) is 3.45. The molecule has 1 aliphatic carbocycles. The summed E-state index contributed by atoms with van der Waals surface area (Å²) in [5, 5.41) is 0. The molecule has 0 spiro atoms. The number of hydrogen-bond acceptors (Lipinski definition) is 2. The molecular weight excluding hydrogens is 285 g/mol. The van der Waals surface area contributed by atoms with Gasteiger partial charge in [-0.15, -0.1) is 0 Å². The number of rotatable bonds is 2. The van der Waals surface area contributed by atoms with Crippen molar-refractivity contribution < 1.29 is 9.18 Å². The zero-order valence-corrected chi connectivity index (χ0v) is 11.2. The van der Waals surface area contributed by atoms with Gasteiger partial charge in [0.15, 0.2) is 0 Å². The summed E-state index contributed by atoms with van der Waals surface area (Å²) in [5.74, 6) is -0.301. The lowest BCUT2D eigenvalue weighted by Crippen LogP contribution is -2.20. The Morgan fingerprint density at radius 2 is 2.06 bits per heavy atom. The SMILES string of the molecule is Cc1c(Br)cc(F)cc1C1(N=C=O)CCCC1. The van der Waals surface area contributed by atoms with Gasteiger partial charge in [0.1, 0.15) is 5.82 Å². The van der Waals surface area contributed by atoms with Crippen LogP contribution in [0.25, 0.3) is 0 Å². The lowest BCUT2D eigenvalue weighted by atomic mass is 9.86. The summed E-state index contributed by atoms with van der Waals surface area (Å²) >= 11 is 3.34. The smallest absolute Gasteiger partial charge is 0.211 e. The number of halogens is 2. The molecule has 0 N–H and O–H groups in total. The second-order valence-corrected chi connectivity index (χ2v) is 5.36.